The van der Waals surface area contributed by atoms with Gasteiger partial charge < -0.3 is 10.5 Å². The molecular weight excluding hydrogens is 243 g/mol. The Morgan fingerprint density at radius 2 is 2.19 bits per heavy atom. The molecule has 0 atom stereocenters. The molecule has 0 aliphatic carbocycles. The number of thiocarbonyl (C=S) groups is 1. The molecule has 0 fully saturated rings. The van der Waals surface area contributed by atoms with Crippen LogP contribution in [0.3, 0.4) is 0 Å². The summed E-state index contributed by atoms with van der Waals surface area (Å²) in [7, 11) is 0. The van der Waals surface area contributed by atoms with Crippen molar-refractivity contribution in [3.8, 4) is 6.01 Å². The van der Waals surface area contributed by atoms with Crippen molar-refractivity contribution >= 4 is 17.2 Å². The first-order valence-corrected chi connectivity index (χ1v) is 4.62. The quantitative estimate of drug-likeness (QED) is 0.820. The number of alkyl halides is 3. The minimum Gasteiger partial charge on any atom is -0.463 e. The highest BCUT2D eigenvalue weighted by molar-refractivity contribution is 7.80. The highest BCUT2D eigenvalue weighted by atomic mass is 32.1. The van der Waals surface area contributed by atoms with E-state index in [2.05, 4.69) is 22.2 Å². The van der Waals surface area contributed by atoms with Gasteiger partial charge in [-0.2, -0.15) is 18.2 Å². The van der Waals surface area contributed by atoms with Crippen molar-refractivity contribution in [2.24, 2.45) is 5.73 Å². The molecule has 0 aliphatic heterocycles. The first-order chi connectivity index (χ1) is 7.38. The summed E-state index contributed by atoms with van der Waals surface area (Å²) < 4.78 is 40.1. The molecule has 8 heteroatoms. The van der Waals surface area contributed by atoms with Gasteiger partial charge in [0.15, 0.2) is 0 Å². The van der Waals surface area contributed by atoms with Gasteiger partial charge in [-0.25, -0.2) is 4.98 Å². The van der Waals surface area contributed by atoms with Gasteiger partial charge in [-0.15, -0.1) is 0 Å². The lowest BCUT2D eigenvalue weighted by Gasteiger charge is -2.07. The van der Waals surface area contributed by atoms with Gasteiger partial charge in [0.2, 0.25) is 0 Å². The Labute approximate surface area is 94.6 Å². The van der Waals surface area contributed by atoms with Crippen LogP contribution < -0.4 is 10.5 Å². The maximum Gasteiger partial charge on any atom is 0.392 e. The summed E-state index contributed by atoms with van der Waals surface area (Å²) in [5.41, 5.74) is 5.54. The standard InChI is InChI=1S/C8H8F3N3OS/c9-8(10,11)2-4-15-7-13-3-1-5(14-7)6(12)16/h1,3H,2,4H2,(H2,12,16). The van der Waals surface area contributed by atoms with Gasteiger partial charge in [-0.3, -0.25) is 0 Å². The Hall–Kier alpha value is -1.44. The lowest BCUT2D eigenvalue weighted by molar-refractivity contribution is -0.139. The van der Waals surface area contributed by atoms with Crippen LogP contribution in [0.15, 0.2) is 12.3 Å². The van der Waals surface area contributed by atoms with Crippen LogP contribution in [0.2, 0.25) is 0 Å². The molecule has 1 rings (SSSR count). The zero-order chi connectivity index (χ0) is 12.2. The molecule has 1 heterocycles. The van der Waals surface area contributed by atoms with E-state index in [1.807, 2.05) is 0 Å². The highest BCUT2D eigenvalue weighted by Gasteiger charge is 2.27. The molecule has 88 valence electrons. The largest absolute Gasteiger partial charge is 0.463 e. The van der Waals surface area contributed by atoms with E-state index < -0.39 is 19.2 Å². The summed E-state index contributed by atoms with van der Waals surface area (Å²) in [4.78, 5) is 7.38. The third-order valence-electron chi connectivity index (χ3n) is 1.50. The molecule has 16 heavy (non-hydrogen) atoms. The smallest absolute Gasteiger partial charge is 0.392 e. The summed E-state index contributed by atoms with van der Waals surface area (Å²) in [6, 6.07) is 1.27. The van der Waals surface area contributed by atoms with Gasteiger partial charge in [-0.1, -0.05) is 12.2 Å². The molecule has 1 aromatic heterocycles. The second-order valence-electron chi connectivity index (χ2n) is 2.80. The van der Waals surface area contributed by atoms with Crippen LogP contribution in [0.1, 0.15) is 12.1 Å². The third-order valence-corrected chi connectivity index (χ3v) is 1.71. The number of hydrogen-bond acceptors (Lipinski definition) is 4. The van der Waals surface area contributed by atoms with Gasteiger partial charge in [0.1, 0.15) is 17.3 Å². The molecule has 2 N–H and O–H groups in total. The van der Waals surface area contributed by atoms with Crippen LogP contribution in [-0.4, -0.2) is 27.7 Å². The van der Waals surface area contributed by atoms with Gasteiger partial charge in [0.25, 0.3) is 0 Å². The topological polar surface area (TPSA) is 61.0 Å². The first kappa shape index (κ1) is 12.6. The molecular formula is C8H8F3N3OS. The van der Waals surface area contributed by atoms with Crippen molar-refractivity contribution in [2.45, 2.75) is 12.6 Å². The molecule has 0 bridgehead atoms. The van der Waals surface area contributed by atoms with E-state index in [0.717, 1.165) is 0 Å². The van der Waals surface area contributed by atoms with Crippen molar-refractivity contribution in [3.05, 3.63) is 18.0 Å². The second-order valence-corrected chi connectivity index (χ2v) is 3.24. The number of rotatable bonds is 4. The van der Waals surface area contributed by atoms with Crippen molar-refractivity contribution < 1.29 is 17.9 Å². The van der Waals surface area contributed by atoms with Gasteiger partial charge in [-0.05, 0) is 6.07 Å². The SMILES string of the molecule is NC(=S)c1ccnc(OCCC(F)(F)F)n1. The Morgan fingerprint density at radius 1 is 1.50 bits per heavy atom. The van der Waals surface area contributed by atoms with Crippen LogP contribution in [0.5, 0.6) is 6.01 Å². The van der Waals surface area contributed by atoms with E-state index in [0.29, 0.717) is 0 Å². The normalized spacial score (nSPS) is 11.2. The lowest BCUT2D eigenvalue weighted by atomic mass is 10.4. The average Bonchev–Trinajstić information content (AvgIpc) is 2.16. The molecule has 1 aromatic rings. The molecule has 0 aromatic carbocycles. The number of ether oxygens (including phenoxy) is 1. The Morgan fingerprint density at radius 3 is 2.75 bits per heavy atom. The predicted octanol–water partition coefficient (Wildman–Crippen LogP) is 1.44. The molecule has 0 saturated heterocycles. The zero-order valence-electron chi connectivity index (χ0n) is 7.99. The highest BCUT2D eigenvalue weighted by Crippen LogP contribution is 2.19. The maximum absolute atomic E-state index is 11.8. The van der Waals surface area contributed by atoms with Crippen molar-refractivity contribution in [1.29, 1.82) is 0 Å². The van der Waals surface area contributed by atoms with Crippen LogP contribution in [-0.2, 0) is 0 Å². The zero-order valence-corrected chi connectivity index (χ0v) is 8.81. The Kier molecular flexibility index (Phi) is 3.99. The summed E-state index contributed by atoms with van der Waals surface area (Å²) in [5.74, 6) is 0. The number of nitrogens with zero attached hydrogens (tertiary/aromatic N) is 2. The van der Waals surface area contributed by atoms with Crippen LogP contribution in [0.25, 0.3) is 0 Å². The monoisotopic (exact) mass is 251 g/mol. The van der Waals surface area contributed by atoms with Crippen LogP contribution >= 0.6 is 12.2 Å². The summed E-state index contributed by atoms with van der Waals surface area (Å²) in [6.07, 6.45) is -4.02. The van der Waals surface area contributed by atoms with Gasteiger partial charge >= 0.3 is 12.2 Å². The van der Waals surface area contributed by atoms with E-state index in [-0.39, 0.29) is 16.7 Å². The van der Waals surface area contributed by atoms with Crippen molar-refractivity contribution in [1.82, 2.24) is 9.97 Å². The third kappa shape index (κ3) is 4.39. The fourth-order valence-corrected chi connectivity index (χ4v) is 0.919. The average molecular weight is 251 g/mol. The Bertz CT molecular complexity index is 383. The minimum atomic E-state index is -4.26. The second kappa shape index (κ2) is 5.06. The maximum atomic E-state index is 11.8. The van der Waals surface area contributed by atoms with Crippen molar-refractivity contribution in [2.75, 3.05) is 6.61 Å². The summed E-state index contributed by atoms with van der Waals surface area (Å²) >= 11 is 4.65. The molecule has 0 radical (unpaired) electrons. The fraction of sp³-hybridized carbons (Fsp3) is 0.375. The van der Waals surface area contributed by atoms with Gasteiger partial charge in [0.05, 0.1) is 6.42 Å². The molecule has 0 aliphatic rings. The fourth-order valence-electron chi connectivity index (χ4n) is 0.806. The summed E-state index contributed by atoms with van der Waals surface area (Å²) in [6.45, 7) is -0.537. The van der Waals surface area contributed by atoms with E-state index in [9.17, 15) is 13.2 Å². The molecule has 0 spiro atoms. The number of aromatic nitrogens is 2. The van der Waals surface area contributed by atoms with E-state index in [1.54, 1.807) is 0 Å². The van der Waals surface area contributed by atoms with Gasteiger partial charge in [0, 0.05) is 6.20 Å². The number of nitrogens with two attached hydrogens (primary N) is 1. The van der Waals surface area contributed by atoms with E-state index >= 15 is 0 Å². The predicted molar refractivity (Wildman–Crippen MR) is 54.1 cm³/mol. The number of hydrogen-bond donors (Lipinski definition) is 1. The number of halogens is 3. The van der Waals surface area contributed by atoms with E-state index in [1.165, 1.54) is 12.3 Å². The lowest BCUT2D eigenvalue weighted by Crippen LogP contribution is -2.15. The van der Waals surface area contributed by atoms with Crippen LogP contribution in [0.4, 0.5) is 13.2 Å². The van der Waals surface area contributed by atoms with Crippen LogP contribution in [0, 0.1) is 0 Å². The minimum absolute atomic E-state index is 0.0306. The van der Waals surface area contributed by atoms with Crippen molar-refractivity contribution in [3.63, 3.8) is 0 Å². The first-order valence-electron chi connectivity index (χ1n) is 4.21. The molecule has 0 saturated carbocycles. The van der Waals surface area contributed by atoms with E-state index in [4.69, 9.17) is 10.5 Å². The Balaban J connectivity index is 2.55. The molecule has 0 unspecified atom stereocenters. The molecule has 0 amide bonds. The summed E-state index contributed by atoms with van der Waals surface area (Å²) in [5, 5.41) is 0. The molecule has 4 nitrogen and oxygen atoms in total.